The van der Waals surface area contributed by atoms with Crippen molar-refractivity contribution in [3.8, 4) is 11.5 Å². The molecule has 4 aromatic rings. The number of pyridine rings is 1. The molecule has 2 heterocycles. The molecule has 6 nitrogen and oxygen atoms in total. The molecule has 2 aromatic carbocycles. The number of nitrogens with zero attached hydrogens (tertiary/aromatic N) is 3. The Morgan fingerprint density at radius 2 is 2.00 bits per heavy atom. The van der Waals surface area contributed by atoms with Gasteiger partial charge in [-0.3, -0.25) is 14.7 Å². The molecule has 8 heteroatoms. The highest BCUT2D eigenvalue weighted by Gasteiger charge is 2.25. The average Bonchev–Trinajstić information content (AvgIpc) is 3.24. The molecule has 0 spiro atoms. The zero-order valence-corrected chi connectivity index (χ0v) is 18.8. The molecule has 0 aliphatic heterocycles. The predicted octanol–water partition coefficient (Wildman–Crippen LogP) is 5.52. The summed E-state index contributed by atoms with van der Waals surface area (Å²) in [4.78, 5) is 24.3. The van der Waals surface area contributed by atoms with Crippen molar-refractivity contribution in [2.75, 3.05) is 19.1 Å². The summed E-state index contributed by atoms with van der Waals surface area (Å²) in [6.07, 6.45) is 3.43. The van der Waals surface area contributed by atoms with Crippen LogP contribution in [0.3, 0.4) is 0 Å². The maximum Gasteiger partial charge on any atom is 0.264 e. The molecule has 31 heavy (non-hydrogen) atoms. The Hall–Kier alpha value is -3.16. The molecule has 0 fully saturated rings. The average molecular weight is 454 g/mol. The number of amides is 1. The molecular formula is C23H20ClN3O3S. The summed E-state index contributed by atoms with van der Waals surface area (Å²) in [5.41, 5.74) is 2.94. The molecule has 0 atom stereocenters. The highest BCUT2D eigenvalue weighted by atomic mass is 35.5. The topological polar surface area (TPSA) is 64.6 Å². The third-order valence-corrected chi connectivity index (χ3v) is 6.37. The molecule has 4 rings (SSSR count). The number of benzene rings is 2. The summed E-state index contributed by atoms with van der Waals surface area (Å²) >= 11 is 7.72. The second-order valence-corrected chi connectivity index (χ2v) is 8.25. The highest BCUT2D eigenvalue weighted by Crippen LogP contribution is 2.36. The van der Waals surface area contributed by atoms with Crippen LogP contribution in [-0.2, 0) is 6.54 Å². The minimum atomic E-state index is -0.248. The number of hydrogen-bond acceptors (Lipinski definition) is 6. The number of anilines is 1. The van der Waals surface area contributed by atoms with Crippen LogP contribution in [0.4, 0.5) is 5.13 Å². The monoisotopic (exact) mass is 453 g/mol. The second kappa shape index (κ2) is 8.91. The number of fused-ring (bicyclic) bond motifs is 1. The van der Waals surface area contributed by atoms with E-state index in [1.807, 2.05) is 31.2 Å². The van der Waals surface area contributed by atoms with Crippen molar-refractivity contribution in [3.63, 3.8) is 0 Å². The first-order valence-corrected chi connectivity index (χ1v) is 10.7. The Labute approximate surface area is 189 Å². The van der Waals surface area contributed by atoms with Gasteiger partial charge in [0.05, 0.1) is 36.5 Å². The predicted molar refractivity (Wildman–Crippen MR) is 124 cm³/mol. The van der Waals surface area contributed by atoms with E-state index in [9.17, 15) is 4.79 Å². The van der Waals surface area contributed by atoms with Crippen LogP contribution in [0.25, 0.3) is 10.2 Å². The molecule has 0 unspecified atom stereocenters. The van der Waals surface area contributed by atoms with E-state index >= 15 is 0 Å². The molecule has 0 aliphatic carbocycles. The van der Waals surface area contributed by atoms with Gasteiger partial charge in [-0.15, -0.1) is 0 Å². The Bertz CT molecular complexity index is 1240. The van der Waals surface area contributed by atoms with Gasteiger partial charge in [0, 0.05) is 17.4 Å². The van der Waals surface area contributed by atoms with Crippen LogP contribution in [0.5, 0.6) is 11.5 Å². The number of halogens is 1. The SMILES string of the molecule is COc1ccc(OC)c(C(=O)N(Cc2cccnc2)c2nc3c(C)c(Cl)ccc3s2)c1. The fourth-order valence-corrected chi connectivity index (χ4v) is 4.41. The van der Waals surface area contributed by atoms with Crippen LogP contribution in [-0.4, -0.2) is 30.1 Å². The van der Waals surface area contributed by atoms with E-state index in [4.69, 9.17) is 26.1 Å². The first kappa shape index (κ1) is 21.1. The quantitative estimate of drug-likeness (QED) is 0.384. The lowest BCUT2D eigenvalue weighted by atomic mass is 10.1. The van der Waals surface area contributed by atoms with Gasteiger partial charge in [-0.2, -0.15) is 0 Å². The molecule has 0 saturated heterocycles. The van der Waals surface area contributed by atoms with Crippen LogP contribution in [0.1, 0.15) is 21.5 Å². The number of carbonyl (C=O) groups excluding carboxylic acids is 1. The van der Waals surface area contributed by atoms with Gasteiger partial charge >= 0.3 is 0 Å². The van der Waals surface area contributed by atoms with E-state index in [0.717, 1.165) is 21.3 Å². The Balaban J connectivity index is 1.84. The molecule has 0 N–H and O–H groups in total. The molecule has 0 saturated carbocycles. The Morgan fingerprint density at radius 3 is 2.71 bits per heavy atom. The highest BCUT2D eigenvalue weighted by molar-refractivity contribution is 7.22. The lowest BCUT2D eigenvalue weighted by Crippen LogP contribution is -2.30. The van der Waals surface area contributed by atoms with Crippen molar-refractivity contribution in [1.82, 2.24) is 9.97 Å². The van der Waals surface area contributed by atoms with Crippen LogP contribution < -0.4 is 14.4 Å². The fraction of sp³-hybridized carbons (Fsp3) is 0.174. The summed E-state index contributed by atoms with van der Waals surface area (Å²) in [7, 11) is 3.09. The third kappa shape index (κ3) is 4.19. The van der Waals surface area contributed by atoms with E-state index in [1.165, 1.54) is 18.4 Å². The fourth-order valence-electron chi connectivity index (χ4n) is 3.23. The van der Waals surface area contributed by atoms with Crippen LogP contribution in [0, 0.1) is 6.92 Å². The summed E-state index contributed by atoms with van der Waals surface area (Å²) in [6.45, 7) is 2.23. The minimum Gasteiger partial charge on any atom is -0.497 e. The largest absolute Gasteiger partial charge is 0.497 e. The molecule has 2 aromatic heterocycles. The number of ether oxygens (including phenoxy) is 2. The van der Waals surface area contributed by atoms with E-state index < -0.39 is 0 Å². The van der Waals surface area contributed by atoms with Crippen molar-refractivity contribution < 1.29 is 14.3 Å². The van der Waals surface area contributed by atoms with Gasteiger partial charge in [-0.05, 0) is 54.4 Å². The molecule has 158 valence electrons. The molecular weight excluding hydrogens is 434 g/mol. The summed E-state index contributed by atoms with van der Waals surface area (Å²) in [5, 5.41) is 1.21. The number of aryl methyl sites for hydroxylation is 1. The van der Waals surface area contributed by atoms with Gasteiger partial charge in [0.25, 0.3) is 5.91 Å². The molecule has 1 amide bonds. The number of thiazole rings is 1. The van der Waals surface area contributed by atoms with Gasteiger partial charge in [-0.1, -0.05) is 29.0 Å². The first-order valence-electron chi connectivity index (χ1n) is 9.50. The van der Waals surface area contributed by atoms with Crippen molar-refractivity contribution in [3.05, 3.63) is 76.6 Å². The van der Waals surface area contributed by atoms with E-state index in [1.54, 1.807) is 42.6 Å². The number of methoxy groups -OCH3 is 2. The van der Waals surface area contributed by atoms with E-state index in [2.05, 4.69) is 4.98 Å². The number of rotatable bonds is 6. The maximum absolute atomic E-state index is 13.7. The summed E-state index contributed by atoms with van der Waals surface area (Å²) in [6, 6.07) is 12.7. The second-order valence-electron chi connectivity index (χ2n) is 6.83. The smallest absolute Gasteiger partial charge is 0.264 e. The van der Waals surface area contributed by atoms with Crippen molar-refractivity contribution in [2.24, 2.45) is 0 Å². The summed E-state index contributed by atoms with van der Waals surface area (Å²) in [5.74, 6) is 0.780. The van der Waals surface area contributed by atoms with Crippen molar-refractivity contribution in [2.45, 2.75) is 13.5 Å². The third-order valence-electron chi connectivity index (χ3n) is 4.91. The minimum absolute atomic E-state index is 0.248. The van der Waals surface area contributed by atoms with Crippen LogP contribution >= 0.6 is 22.9 Å². The molecule has 0 radical (unpaired) electrons. The molecule has 0 aliphatic rings. The lowest BCUT2D eigenvalue weighted by molar-refractivity contribution is 0.0982. The van der Waals surface area contributed by atoms with Crippen molar-refractivity contribution in [1.29, 1.82) is 0 Å². The van der Waals surface area contributed by atoms with Crippen LogP contribution in [0.15, 0.2) is 54.9 Å². The Morgan fingerprint density at radius 1 is 1.16 bits per heavy atom. The normalized spacial score (nSPS) is 10.8. The first-order chi connectivity index (χ1) is 15.0. The van der Waals surface area contributed by atoms with Gasteiger partial charge in [0.1, 0.15) is 11.5 Å². The zero-order chi connectivity index (χ0) is 22.0. The van der Waals surface area contributed by atoms with Gasteiger partial charge in [-0.25, -0.2) is 4.98 Å². The Kier molecular flexibility index (Phi) is 6.06. The van der Waals surface area contributed by atoms with Gasteiger partial charge < -0.3 is 9.47 Å². The van der Waals surface area contributed by atoms with Crippen LogP contribution in [0.2, 0.25) is 5.02 Å². The maximum atomic E-state index is 13.7. The zero-order valence-electron chi connectivity index (χ0n) is 17.3. The van der Waals surface area contributed by atoms with E-state index in [-0.39, 0.29) is 5.91 Å². The molecule has 0 bridgehead atoms. The number of aromatic nitrogens is 2. The number of hydrogen-bond donors (Lipinski definition) is 0. The van der Waals surface area contributed by atoms with Gasteiger partial charge in [0.15, 0.2) is 5.13 Å². The number of carbonyl (C=O) groups is 1. The lowest BCUT2D eigenvalue weighted by Gasteiger charge is -2.21. The standard InChI is InChI=1S/C23H20ClN3O3S/c1-14-18(24)7-9-20-21(14)26-23(31-20)27(13-15-5-4-10-25-12-15)22(28)17-11-16(29-2)6-8-19(17)30-3/h4-12H,13H2,1-3H3. The summed E-state index contributed by atoms with van der Waals surface area (Å²) < 4.78 is 11.7. The van der Waals surface area contributed by atoms with E-state index in [0.29, 0.717) is 33.8 Å². The van der Waals surface area contributed by atoms with Gasteiger partial charge in [0.2, 0.25) is 0 Å². The van der Waals surface area contributed by atoms with Crippen molar-refractivity contribution >= 4 is 44.2 Å².